The Morgan fingerprint density at radius 1 is 1.43 bits per heavy atom. The molecule has 0 saturated carbocycles. The predicted molar refractivity (Wildman–Crippen MR) is 80.7 cm³/mol. The molecule has 0 aromatic carbocycles. The molecule has 1 aromatic rings. The van der Waals surface area contributed by atoms with Crippen LogP contribution in [0.5, 0.6) is 0 Å². The fraction of sp³-hybridized carbons (Fsp3) is 0.643. The third-order valence-corrected chi connectivity index (χ3v) is 4.14. The zero-order chi connectivity index (χ0) is 15.4. The highest BCUT2D eigenvalue weighted by Gasteiger charge is 2.29. The lowest BCUT2D eigenvalue weighted by molar-refractivity contribution is 0.279. The number of nitrogens with zero attached hydrogens (tertiary/aromatic N) is 4. The average Bonchev–Trinajstić information content (AvgIpc) is 2.95. The number of amidine groups is 1. The van der Waals surface area contributed by atoms with Crippen LogP contribution in [0.1, 0.15) is 42.5 Å². The molecule has 7 nitrogen and oxygen atoms in total. The van der Waals surface area contributed by atoms with Crippen molar-refractivity contribution in [1.29, 1.82) is 0 Å². The first-order chi connectivity index (χ1) is 10.1. The molecule has 1 aliphatic heterocycles. The smallest absolute Gasteiger partial charge is 0.174 e. The van der Waals surface area contributed by atoms with Crippen LogP contribution in [0.4, 0.5) is 5.82 Å². The normalized spacial score (nSPS) is 19.3. The molecule has 4 N–H and O–H groups in total. The van der Waals surface area contributed by atoms with Crippen molar-refractivity contribution in [2.45, 2.75) is 45.6 Å². The summed E-state index contributed by atoms with van der Waals surface area (Å²) in [6.07, 6.45) is 3.80. The van der Waals surface area contributed by atoms with Gasteiger partial charge in [-0.15, -0.1) is 5.10 Å². The lowest BCUT2D eigenvalue weighted by Gasteiger charge is -2.27. The summed E-state index contributed by atoms with van der Waals surface area (Å²) in [5.74, 6) is 0.738. The van der Waals surface area contributed by atoms with Gasteiger partial charge in [0.15, 0.2) is 11.7 Å². The van der Waals surface area contributed by atoms with E-state index >= 15 is 0 Å². The van der Waals surface area contributed by atoms with E-state index in [2.05, 4.69) is 20.3 Å². The van der Waals surface area contributed by atoms with Crippen LogP contribution in [0.15, 0.2) is 5.16 Å². The number of nitrogens with two attached hydrogens (primary N) is 1. The molecule has 2 heterocycles. The molecule has 1 saturated heterocycles. The zero-order valence-electron chi connectivity index (χ0n) is 12.6. The van der Waals surface area contributed by atoms with Gasteiger partial charge in [-0.05, 0) is 45.1 Å². The number of rotatable bonds is 5. The fourth-order valence-corrected chi connectivity index (χ4v) is 2.90. The van der Waals surface area contributed by atoms with Gasteiger partial charge in [-0.25, -0.2) is 0 Å². The molecule has 0 radical (unpaired) electrons. The maximum Gasteiger partial charge on any atom is 0.174 e. The van der Waals surface area contributed by atoms with Gasteiger partial charge in [-0.3, -0.25) is 0 Å². The van der Waals surface area contributed by atoms with Gasteiger partial charge < -0.3 is 20.9 Å². The van der Waals surface area contributed by atoms with Crippen LogP contribution in [-0.4, -0.2) is 45.5 Å². The van der Waals surface area contributed by atoms with Crippen LogP contribution in [0.25, 0.3) is 0 Å². The topological polar surface area (TPSA) is 108 Å². The van der Waals surface area contributed by atoms with Gasteiger partial charge >= 0.3 is 0 Å². The quantitative estimate of drug-likeness (QED) is 0.322. The molecule has 7 heteroatoms. The van der Waals surface area contributed by atoms with Gasteiger partial charge in [-0.2, -0.15) is 5.10 Å². The first-order valence-electron chi connectivity index (χ1n) is 7.29. The number of aliphatic hydroxyl groups excluding tert-OH is 1. The van der Waals surface area contributed by atoms with E-state index in [0.29, 0.717) is 17.4 Å². The zero-order valence-corrected chi connectivity index (χ0v) is 12.6. The Kier molecular flexibility index (Phi) is 4.95. The van der Waals surface area contributed by atoms with Crippen molar-refractivity contribution in [2.75, 3.05) is 18.1 Å². The van der Waals surface area contributed by atoms with Crippen LogP contribution < -0.4 is 10.6 Å². The third-order valence-electron chi connectivity index (χ3n) is 4.14. The van der Waals surface area contributed by atoms with Crippen molar-refractivity contribution in [1.82, 2.24) is 10.2 Å². The van der Waals surface area contributed by atoms with E-state index in [9.17, 15) is 0 Å². The summed E-state index contributed by atoms with van der Waals surface area (Å²) in [6, 6.07) is 0.318. The van der Waals surface area contributed by atoms with Gasteiger partial charge in [0.1, 0.15) is 0 Å². The summed E-state index contributed by atoms with van der Waals surface area (Å²) in [7, 11) is 0. The molecule has 2 rings (SSSR count). The Morgan fingerprint density at radius 2 is 2.19 bits per heavy atom. The Bertz CT molecular complexity index is 532. The van der Waals surface area contributed by atoms with E-state index in [1.807, 2.05) is 13.8 Å². The Hall–Kier alpha value is -1.89. The second-order valence-corrected chi connectivity index (χ2v) is 5.45. The van der Waals surface area contributed by atoms with Crippen LogP contribution >= 0.6 is 0 Å². The highest BCUT2D eigenvalue weighted by molar-refractivity contribution is 6.02. The molecular weight excluding hydrogens is 270 g/mol. The van der Waals surface area contributed by atoms with Crippen molar-refractivity contribution in [3.63, 3.8) is 0 Å². The van der Waals surface area contributed by atoms with E-state index in [4.69, 9.17) is 16.0 Å². The summed E-state index contributed by atoms with van der Waals surface area (Å²) in [6.45, 7) is 4.82. The average molecular weight is 293 g/mol. The first kappa shape index (κ1) is 15.5. The molecule has 0 spiro atoms. The van der Waals surface area contributed by atoms with Crippen LogP contribution in [-0.2, 0) is 0 Å². The van der Waals surface area contributed by atoms with E-state index in [-0.39, 0.29) is 12.4 Å². The first-order valence-corrected chi connectivity index (χ1v) is 7.29. The minimum absolute atomic E-state index is 0.0632. The summed E-state index contributed by atoms with van der Waals surface area (Å²) in [5, 5.41) is 29.7. The minimum atomic E-state index is 0.0632. The van der Waals surface area contributed by atoms with Crippen LogP contribution in [0.3, 0.4) is 0 Å². The largest absolute Gasteiger partial charge is 0.409 e. The Balaban J connectivity index is 2.41. The number of aromatic nitrogens is 2. The van der Waals surface area contributed by atoms with E-state index in [0.717, 1.165) is 43.5 Å². The third kappa shape index (κ3) is 3.07. The molecule has 21 heavy (non-hydrogen) atoms. The molecule has 1 aromatic heterocycles. The highest BCUT2D eigenvalue weighted by Crippen LogP contribution is 2.30. The monoisotopic (exact) mass is 293 g/mol. The molecule has 116 valence electrons. The molecule has 1 unspecified atom stereocenters. The lowest BCUT2D eigenvalue weighted by Crippen LogP contribution is -2.33. The molecule has 1 fully saturated rings. The molecule has 0 aliphatic carbocycles. The van der Waals surface area contributed by atoms with Crippen molar-refractivity contribution >= 4 is 11.7 Å². The van der Waals surface area contributed by atoms with Crippen molar-refractivity contribution in [3.8, 4) is 0 Å². The number of aryl methyl sites for hydroxylation is 1. The van der Waals surface area contributed by atoms with Crippen molar-refractivity contribution < 1.29 is 10.3 Å². The van der Waals surface area contributed by atoms with Crippen molar-refractivity contribution in [3.05, 3.63) is 16.8 Å². The van der Waals surface area contributed by atoms with Crippen molar-refractivity contribution in [2.24, 2.45) is 10.9 Å². The summed E-state index contributed by atoms with van der Waals surface area (Å²) in [4.78, 5) is 2.17. The SMILES string of the molecule is Cc1nnc(N2CCCC2CCCO)c(C(N)=NO)c1C. The van der Waals surface area contributed by atoms with Crippen LogP contribution in [0.2, 0.25) is 0 Å². The molecule has 1 aliphatic rings. The predicted octanol–water partition coefficient (Wildman–Crippen LogP) is 0.929. The second-order valence-electron chi connectivity index (χ2n) is 5.45. The maximum atomic E-state index is 9.04. The summed E-state index contributed by atoms with van der Waals surface area (Å²) < 4.78 is 0. The minimum Gasteiger partial charge on any atom is -0.409 e. The number of oxime groups is 1. The summed E-state index contributed by atoms with van der Waals surface area (Å²) >= 11 is 0. The van der Waals surface area contributed by atoms with E-state index < -0.39 is 0 Å². The highest BCUT2D eigenvalue weighted by atomic mass is 16.4. The molecule has 1 atom stereocenters. The second kappa shape index (κ2) is 6.71. The number of aliphatic hydroxyl groups is 1. The van der Waals surface area contributed by atoms with Gasteiger partial charge in [0.05, 0.1) is 11.3 Å². The van der Waals surface area contributed by atoms with E-state index in [1.54, 1.807) is 0 Å². The molecule has 0 bridgehead atoms. The number of anilines is 1. The maximum absolute atomic E-state index is 9.04. The standard InChI is InChI=1S/C14H23N5O2/c1-9-10(2)16-17-14(12(9)13(15)18-21)19-7-3-5-11(19)6-4-8-20/h11,20-21H,3-8H2,1-2H3,(H2,15,18). The molecular formula is C14H23N5O2. The Labute approximate surface area is 124 Å². The summed E-state index contributed by atoms with van der Waals surface area (Å²) in [5.41, 5.74) is 8.14. The van der Waals surface area contributed by atoms with Gasteiger partial charge in [-0.1, -0.05) is 5.16 Å². The number of hydrogen-bond donors (Lipinski definition) is 3. The van der Waals surface area contributed by atoms with Gasteiger partial charge in [0, 0.05) is 19.2 Å². The van der Waals surface area contributed by atoms with Crippen LogP contribution in [0, 0.1) is 13.8 Å². The number of hydrogen-bond acceptors (Lipinski definition) is 6. The lowest BCUT2D eigenvalue weighted by atomic mass is 10.1. The fourth-order valence-electron chi connectivity index (χ4n) is 2.90. The van der Waals surface area contributed by atoms with Gasteiger partial charge in [0.2, 0.25) is 0 Å². The molecule has 0 amide bonds. The van der Waals surface area contributed by atoms with E-state index in [1.165, 1.54) is 0 Å². The Morgan fingerprint density at radius 3 is 2.86 bits per heavy atom. The van der Waals surface area contributed by atoms with Gasteiger partial charge in [0.25, 0.3) is 0 Å².